The molecule has 0 aliphatic heterocycles. The Morgan fingerprint density at radius 2 is 2.05 bits per heavy atom. The minimum Gasteiger partial charge on any atom is -0.328 e. The van der Waals surface area contributed by atoms with Gasteiger partial charge < -0.3 is 10.6 Å². The molecule has 2 rings (SSSR count). The second-order valence-electron chi connectivity index (χ2n) is 6.21. The molecule has 0 unspecified atom stereocenters. The molecule has 0 aromatic heterocycles. The van der Waals surface area contributed by atoms with Gasteiger partial charge in [0.25, 0.3) is 0 Å². The highest BCUT2D eigenvalue weighted by Gasteiger charge is 2.25. The predicted octanol–water partition coefficient (Wildman–Crippen LogP) is 2.10. The zero-order chi connectivity index (χ0) is 14.5. The topological polar surface area (TPSA) is 49.6 Å². The molecule has 0 spiro atoms. The van der Waals surface area contributed by atoms with Gasteiger partial charge in [-0.05, 0) is 58.9 Å². The van der Waals surface area contributed by atoms with Crippen LogP contribution < -0.4 is 5.73 Å². The van der Waals surface area contributed by atoms with E-state index in [1.165, 1.54) is 12.1 Å². The maximum Gasteiger partial charge on any atom is 0.240 e. The number of amides is 1. The number of carbonyl (C=O) groups is 1. The van der Waals surface area contributed by atoms with Crippen LogP contribution in [-0.4, -0.2) is 47.9 Å². The van der Waals surface area contributed by atoms with Crippen LogP contribution in [0.2, 0.25) is 0 Å². The second kappa shape index (κ2) is 7.23. The van der Waals surface area contributed by atoms with E-state index in [-0.39, 0.29) is 5.91 Å². The number of hydrogen-bond donors (Lipinski definition) is 1. The lowest BCUT2D eigenvalue weighted by atomic mass is 9.91. The molecule has 0 aromatic rings. The van der Waals surface area contributed by atoms with Crippen LogP contribution >= 0.6 is 0 Å². The monoisotopic (exact) mass is 279 g/mol. The summed E-state index contributed by atoms with van der Waals surface area (Å²) in [6.07, 6.45) is 10.0. The Balaban J connectivity index is 1.86. The van der Waals surface area contributed by atoms with E-state index < -0.39 is 0 Å². The highest BCUT2D eigenvalue weighted by atomic mass is 16.2. The number of nitrogens with zero attached hydrogens (tertiary/aromatic N) is 2. The summed E-state index contributed by atoms with van der Waals surface area (Å²) in [6.45, 7) is 3.38. The van der Waals surface area contributed by atoms with Crippen molar-refractivity contribution in [3.05, 3.63) is 11.8 Å². The van der Waals surface area contributed by atoms with E-state index in [0.717, 1.165) is 45.1 Å². The molecule has 4 nitrogen and oxygen atoms in total. The molecule has 2 aliphatic rings. The van der Waals surface area contributed by atoms with Crippen molar-refractivity contribution >= 4 is 5.91 Å². The van der Waals surface area contributed by atoms with E-state index in [2.05, 4.69) is 24.9 Å². The van der Waals surface area contributed by atoms with Crippen molar-refractivity contribution in [1.29, 1.82) is 0 Å². The highest BCUT2D eigenvalue weighted by Crippen LogP contribution is 2.23. The van der Waals surface area contributed by atoms with Crippen LogP contribution in [0.5, 0.6) is 0 Å². The third-order valence-corrected chi connectivity index (χ3v) is 4.73. The average molecular weight is 279 g/mol. The van der Waals surface area contributed by atoms with Gasteiger partial charge in [-0.3, -0.25) is 9.69 Å². The van der Waals surface area contributed by atoms with Crippen molar-refractivity contribution in [3.8, 4) is 0 Å². The molecule has 0 atom stereocenters. The Hall–Kier alpha value is -0.870. The first-order valence-corrected chi connectivity index (χ1v) is 8.07. The molecule has 0 radical (unpaired) electrons. The Kier molecular flexibility index (Phi) is 5.61. The van der Waals surface area contributed by atoms with Gasteiger partial charge in [-0.2, -0.15) is 0 Å². The second-order valence-corrected chi connectivity index (χ2v) is 6.21. The fraction of sp³-hybridized carbons (Fsp3) is 0.812. The minimum atomic E-state index is 0.248. The fourth-order valence-electron chi connectivity index (χ4n) is 3.41. The van der Waals surface area contributed by atoms with Crippen molar-refractivity contribution in [2.75, 3.05) is 20.1 Å². The quantitative estimate of drug-likeness (QED) is 0.838. The summed E-state index contributed by atoms with van der Waals surface area (Å²) in [7, 11) is 2.08. The molecule has 0 saturated heterocycles. The van der Waals surface area contributed by atoms with Gasteiger partial charge in [-0.15, -0.1) is 0 Å². The molecule has 0 bridgehead atoms. The molecular formula is C16H29N3O. The first-order valence-electron chi connectivity index (χ1n) is 8.07. The van der Waals surface area contributed by atoms with Gasteiger partial charge >= 0.3 is 0 Å². The van der Waals surface area contributed by atoms with Gasteiger partial charge in [-0.1, -0.05) is 6.08 Å². The standard InChI is InChI=1S/C16H29N3O/c1-3-19(15-6-4-5-7-15)16(20)12-18(2)14-10-8-13(17)9-11-14/h6,13-14H,3-5,7-12,17H2,1-2H3. The summed E-state index contributed by atoms with van der Waals surface area (Å²) in [5.74, 6) is 0.248. The van der Waals surface area contributed by atoms with E-state index in [4.69, 9.17) is 5.73 Å². The Morgan fingerprint density at radius 3 is 2.60 bits per heavy atom. The smallest absolute Gasteiger partial charge is 0.240 e. The van der Waals surface area contributed by atoms with Crippen LogP contribution in [0.4, 0.5) is 0 Å². The van der Waals surface area contributed by atoms with E-state index in [1.807, 2.05) is 4.90 Å². The maximum atomic E-state index is 12.5. The van der Waals surface area contributed by atoms with E-state index in [9.17, 15) is 4.79 Å². The van der Waals surface area contributed by atoms with E-state index in [0.29, 0.717) is 18.6 Å². The average Bonchev–Trinajstić information content (AvgIpc) is 2.94. The molecule has 4 heteroatoms. The number of nitrogens with two attached hydrogens (primary N) is 1. The Morgan fingerprint density at radius 1 is 1.35 bits per heavy atom. The van der Waals surface area contributed by atoms with E-state index in [1.54, 1.807) is 0 Å². The number of likely N-dealkylation sites (N-methyl/N-ethyl adjacent to an activating group) is 2. The van der Waals surface area contributed by atoms with Crippen LogP contribution in [-0.2, 0) is 4.79 Å². The lowest BCUT2D eigenvalue weighted by molar-refractivity contribution is -0.130. The first-order chi connectivity index (χ1) is 9.61. The van der Waals surface area contributed by atoms with Crippen LogP contribution in [0.1, 0.15) is 51.9 Å². The summed E-state index contributed by atoms with van der Waals surface area (Å²) < 4.78 is 0. The predicted molar refractivity (Wildman–Crippen MR) is 82.2 cm³/mol. The summed E-state index contributed by atoms with van der Waals surface area (Å²) in [5.41, 5.74) is 7.18. The van der Waals surface area contributed by atoms with Gasteiger partial charge in [0.1, 0.15) is 0 Å². The summed E-state index contributed by atoms with van der Waals surface area (Å²) in [5, 5.41) is 0. The van der Waals surface area contributed by atoms with Crippen molar-refractivity contribution in [3.63, 3.8) is 0 Å². The minimum absolute atomic E-state index is 0.248. The zero-order valence-electron chi connectivity index (χ0n) is 13.0. The highest BCUT2D eigenvalue weighted by molar-refractivity contribution is 5.80. The molecule has 20 heavy (non-hydrogen) atoms. The van der Waals surface area contributed by atoms with Crippen molar-refractivity contribution < 1.29 is 4.79 Å². The zero-order valence-corrected chi connectivity index (χ0v) is 13.0. The molecule has 1 fully saturated rings. The van der Waals surface area contributed by atoms with Gasteiger partial charge in [-0.25, -0.2) is 0 Å². The molecule has 0 heterocycles. The van der Waals surface area contributed by atoms with Crippen LogP contribution in [0.25, 0.3) is 0 Å². The third-order valence-electron chi connectivity index (χ3n) is 4.73. The van der Waals surface area contributed by atoms with Crippen molar-refractivity contribution in [1.82, 2.24) is 9.80 Å². The lowest BCUT2D eigenvalue weighted by Gasteiger charge is -2.34. The molecule has 114 valence electrons. The van der Waals surface area contributed by atoms with Crippen LogP contribution in [0.15, 0.2) is 11.8 Å². The van der Waals surface area contributed by atoms with Gasteiger partial charge in [0.2, 0.25) is 5.91 Å². The van der Waals surface area contributed by atoms with E-state index >= 15 is 0 Å². The number of allylic oxidation sites excluding steroid dienone is 2. The van der Waals surface area contributed by atoms with Crippen LogP contribution in [0.3, 0.4) is 0 Å². The van der Waals surface area contributed by atoms with Crippen molar-refractivity contribution in [2.45, 2.75) is 64.0 Å². The lowest BCUT2D eigenvalue weighted by Crippen LogP contribution is -2.44. The third kappa shape index (κ3) is 3.83. The SMILES string of the molecule is CCN(C(=O)CN(C)C1CCC(N)CC1)C1=CCCC1. The Labute approximate surface area is 123 Å². The molecule has 2 aliphatic carbocycles. The summed E-state index contributed by atoms with van der Waals surface area (Å²) >= 11 is 0. The molecule has 1 amide bonds. The summed E-state index contributed by atoms with van der Waals surface area (Å²) in [6, 6.07) is 0.890. The van der Waals surface area contributed by atoms with Crippen molar-refractivity contribution in [2.24, 2.45) is 5.73 Å². The number of hydrogen-bond acceptors (Lipinski definition) is 3. The van der Waals surface area contributed by atoms with Gasteiger partial charge in [0.15, 0.2) is 0 Å². The number of carbonyl (C=O) groups excluding carboxylic acids is 1. The Bertz CT molecular complexity index is 359. The number of rotatable bonds is 5. The molecule has 1 saturated carbocycles. The summed E-state index contributed by atoms with van der Waals surface area (Å²) in [4.78, 5) is 16.7. The molecule has 0 aromatic carbocycles. The maximum absolute atomic E-state index is 12.5. The molecular weight excluding hydrogens is 250 g/mol. The van der Waals surface area contributed by atoms with Gasteiger partial charge in [0.05, 0.1) is 6.54 Å². The first kappa shape index (κ1) is 15.5. The fourth-order valence-corrected chi connectivity index (χ4v) is 3.41. The normalized spacial score (nSPS) is 26.7. The molecule has 2 N–H and O–H groups in total. The largest absolute Gasteiger partial charge is 0.328 e. The van der Waals surface area contributed by atoms with Crippen LogP contribution in [0, 0.1) is 0 Å². The van der Waals surface area contributed by atoms with Gasteiger partial charge in [0, 0.05) is 24.3 Å².